The lowest BCUT2D eigenvalue weighted by Gasteiger charge is -2.09. The van der Waals surface area contributed by atoms with Gasteiger partial charge >= 0.3 is 0 Å². The SMILES string of the molecule is CCOc1ccc(C(=O)Nc2cccc3nsnc23)cc1Br. The smallest absolute Gasteiger partial charge is 0.255 e. The molecule has 5 nitrogen and oxygen atoms in total. The van der Waals surface area contributed by atoms with E-state index in [1.807, 2.05) is 25.1 Å². The average molecular weight is 378 g/mol. The molecular weight excluding hydrogens is 366 g/mol. The first kappa shape index (κ1) is 14.9. The van der Waals surface area contributed by atoms with Crippen LogP contribution in [-0.2, 0) is 0 Å². The number of fused-ring (bicyclic) bond motifs is 1. The first-order valence-corrected chi connectivity index (χ1v) is 8.16. The molecule has 0 radical (unpaired) electrons. The zero-order valence-electron chi connectivity index (χ0n) is 11.7. The molecule has 0 unspecified atom stereocenters. The molecule has 0 aliphatic heterocycles. The Balaban J connectivity index is 1.85. The Hall–Kier alpha value is -1.99. The topological polar surface area (TPSA) is 64.1 Å². The summed E-state index contributed by atoms with van der Waals surface area (Å²) in [5.41, 5.74) is 2.67. The maximum Gasteiger partial charge on any atom is 0.255 e. The van der Waals surface area contributed by atoms with Gasteiger partial charge in [0.25, 0.3) is 5.91 Å². The Morgan fingerprint density at radius 2 is 2.18 bits per heavy atom. The summed E-state index contributed by atoms with van der Waals surface area (Å²) in [5.74, 6) is 0.508. The maximum atomic E-state index is 12.4. The molecule has 1 N–H and O–H groups in total. The van der Waals surface area contributed by atoms with Crippen LogP contribution in [-0.4, -0.2) is 21.3 Å². The number of aromatic nitrogens is 2. The monoisotopic (exact) mass is 377 g/mol. The Kier molecular flexibility index (Phi) is 4.35. The van der Waals surface area contributed by atoms with Crippen LogP contribution in [0.4, 0.5) is 5.69 Å². The van der Waals surface area contributed by atoms with Gasteiger partial charge in [-0.05, 0) is 53.2 Å². The number of carbonyl (C=O) groups is 1. The van der Waals surface area contributed by atoms with Gasteiger partial charge in [0, 0.05) is 5.56 Å². The Labute approximate surface area is 139 Å². The summed E-state index contributed by atoms with van der Waals surface area (Å²) < 4.78 is 14.6. The van der Waals surface area contributed by atoms with Crippen LogP contribution in [0, 0.1) is 0 Å². The van der Waals surface area contributed by atoms with Crippen molar-refractivity contribution in [1.29, 1.82) is 0 Å². The Morgan fingerprint density at radius 1 is 1.32 bits per heavy atom. The van der Waals surface area contributed by atoms with E-state index < -0.39 is 0 Å². The standard InChI is InChI=1S/C15H12BrN3O2S/c1-2-21-13-7-6-9(8-10(13)16)15(20)17-11-4-3-5-12-14(11)19-22-18-12/h3-8H,2H2,1H3,(H,17,20). The van der Waals surface area contributed by atoms with E-state index in [1.54, 1.807) is 18.2 Å². The predicted octanol–water partition coefficient (Wildman–Crippen LogP) is 4.10. The minimum Gasteiger partial charge on any atom is -0.493 e. The molecule has 0 fully saturated rings. The van der Waals surface area contributed by atoms with E-state index in [0.717, 1.165) is 21.7 Å². The van der Waals surface area contributed by atoms with Gasteiger partial charge in [0.1, 0.15) is 16.8 Å². The van der Waals surface area contributed by atoms with Crippen LogP contribution in [0.15, 0.2) is 40.9 Å². The summed E-state index contributed by atoms with van der Waals surface area (Å²) in [6.07, 6.45) is 0. The number of nitrogens with zero attached hydrogens (tertiary/aromatic N) is 2. The molecule has 1 heterocycles. The molecule has 0 atom stereocenters. The van der Waals surface area contributed by atoms with E-state index in [0.29, 0.717) is 29.1 Å². The van der Waals surface area contributed by atoms with Crippen LogP contribution in [0.1, 0.15) is 17.3 Å². The van der Waals surface area contributed by atoms with Crippen molar-refractivity contribution >= 4 is 50.3 Å². The zero-order valence-corrected chi connectivity index (χ0v) is 14.1. The lowest BCUT2D eigenvalue weighted by molar-refractivity contribution is 0.102. The molecule has 3 rings (SSSR count). The van der Waals surface area contributed by atoms with Crippen molar-refractivity contribution in [2.24, 2.45) is 0 Å². The molecule has 0 spiro atoms. The molecule has 112 valence electrons. The highest BCUT2D eigenvalue weighted by Gasteiger charge is 2.12. The van der Waals surface area contributed by atoms with Crippen molar-refractivity contribution in [3.05, 3.63) is 46.4 Å². The molecule has 0 bridgehead atoms. The number of nitrogens with one attached hydrogen (secondary N) is 1. The van der Waals surface area contributed by atoms with Gasteiger partial charge in [-0.1, -0.05) is 6.07 Å². The molecule has 1 amide bonds. The number of anilines is 1. The fraction of sp³-hybridized carbons (Fsp3) is 0.133. The number of ether oxygens (including phenoxy) is 1. The van der Waals surface area contributed by atoms with E-state index in [1.165, 1.54) is 0 Å². The highest BCUT2D eigenvalue weighted by molar-refractivity contribution is 9.10. The minimum absolute atomic E-state index is 0.204. The molecule has 1 aromatic heterocycles. The van der Waals surface area contributed by atoms with Gasteiger partial charge in [0.15, 0.2) is 0 Å². The van der Waals surface area contributed by atoms with Gasteiger partial charge in [-0.3, -0.25) is 4.79 Å². The summed E-state index contributed by atoms with van der Waals surface area (Å²) in [5, 5.41) is 2.87. The summed E-state index contributed by atoms with van der Waals surface area (Å²) in [6, 6.07) is 10.7. The normalized spacial score (nSPS) is 10.6. The molecule has 0 aliphatic carbocycles. The molecule has 22 heavy (non-hydrogen) atoms. The summed E-state index contributed by atoms with van der Waals surface area (Å²) >= 11 is 4.53. The van der Waals surface area contributed by atoms with Gasteiger partial charge in [0.05, 0.1) is 28.5 Å². The molecule has 7 heteroatoms. The third-order valence-electron chi connectivity index (χ3n) is 3.03. The quantitative estimate of drug-likeness (QED) is 0.742. The lowest BCUT2D eigenvalue weighted by atomic mass is 10.2. The second kappa shape index (κ2) is 6.41. The lowest BCUT2D eigenvalue weighted by Crippen LogP contribution is -2.12. The number of benzene rings is 2. The average Bonchev–Trinajstić information content (AvgIpc) is 2.99. The third-order valence-corrected chi connectivity index (χ3v) is 4.19. The number of halogens is 1. The molecule has 2 aromatic carbocycles. The van der Waals surface area contributed by atoms with Crippen molar-refractivity contribution in [1.82, 2.24) is 8.75 Å². The van der Waals surface area contributed by atoms with Gasteiger partial charge in [-0.25, -0.2) is 0 Å². The number of carbonyl (C=O) groups excluding carboxylic acids is 1. The predicted molar refractivity (Wildman–Crippen MR) is 90.7 cm³/mol. The second-order valence-electron chi connectivity index (χ2n) is 4.47. The van der Waals surface area contributed by atoms with E-state index in [2.05, 4.69) is 30.0 Å². The summed E-state index contributed by atoms with van der Waals surface area (Å²) in [6.45, 7) is 2.48. The number of amides is 1. The van der Waals surface area contributed by atoms with Crippen molar-refractivity contribution in [2.45, 2.75) is 6.92 Å². The van der Waals surface area contributed by atoms with Crippen molar-refractivity contribution in [3.63, 3.8) is 0 Å². The minimum atomic E-state index is -0.204. The van der Waals surface area contributed by atoms with Gasteiger partial charge in [0.2, 0.25) is 0 Å². The number of hydrogen-bond donors (Lipinski definition) is 1. The van der Waals surface area contributed by atoms with E-state index in [9.17, 15) is 4.79 Å². The van der Waals surface area contributed by atoms with Crippen LogP contribution in [0.25, 0.3) is 11.0 Å². The van der Waals surface area contributed by atoms with Crippen LogP contribution in [0.2, 0.25) is 0 Å². The fourth-order valence-corrected chi connectivity index (χ4v) is 3.06. The largest absolute Gasteiger partial charge is 0.493 e. The van der Waals surface area contributed by atoms with Crippen molar-refractivity contribution < 1.29 is 9.53 Å². The summed E-state index contributed by atoms with van der Waals surface area (Å²) in [7, 11) is 0. The second-order valence-corrected chi connectivity index (χ2v) is 5.85. The van der Waals surface area contributed by atoms with Crippen LogP contribution < -0.4 is 10.1 Å². The molecule has 0 aliphatic rings. The van der Waals surface area contributed by atoms with Crippen LogP contribution in [0.3, 0.4) is 0 Å². The molecular formula is C15H12BrN3O2S. The summed E-state index contributed by atoms with van der Waals surface area (Å²) in [4.78, 5) is 12.4. The Morgan fingerprint density at radius 3 is 2.95 bits per heavy atom. The molecule has 0 saturated carbocycles. The Bertz CT molecular complexity index is 835. The highest BCUT2D eigenvalue weighted by Crippen LogP contribution is 2.27. The zero-order chi connectivity index (χ0) is 15.5. The first-order chi connectivity index (χ1) is 10.7. The molecule has 0 saturated heterocycles. The van der Waals surface area contributed by atoms with Crippen molar-refractivity contribution in [3.8, 4) is 5.75 Å². The number of hydrogen-bond acceptors (Lipinski definition) is 5. The van der Waals surface area contributed by atoms with Gasteiger partial charge < -0.3 is 10.1 Å². The van der Waals surface area contributed by atoms with E-state index >= 15 is 0 Å². The highest BCUT2D eigenvalue weighted by atomic mass is 79.9. The third kappa shape index (κ3) is 2.95. The van der Waals surface area contributed by atoms with Crippen molar-refractivity contribution in [2.75, 3.05) is 11.9 Å². The maximum absolute atomic E-state index is 12.4. The van der Waals surface area contributed by atoms with Gasteiger partial charge in [-0.2, -0.15) is 8.75 Å². The van der Waals surface area contributed by atoms with E-state index in [4.69, 9.17) is 4.74 Å². The van der Waals surface area contributed by atoms with Gasteiger partial charge in [-0.15, -0.1) is 0 Å². The molecule has 3 aromatic rings. The fourth-order valence-electron chi connectivity index (χ4n) is 2.02. The van der Waals surface area contributed by atoms with E-state index in [-0.39, 0.29) is 5.91 Å². The van der Waals surface area contributed by atoms with Crippen LogP contribution in [0.5, 0.6) is 5.75 Å². The number of rotatable bonds is 4. The first-order valence-electron chi connectivity index (χ1n) is 6.64. The van der Waals surface area contributed by atoms with Crippen LogP contribution >= 0.6 is 27.7 Å².